The molecule has 0 aliphatic heterocycles. The molecule has 16 heavy (non-hydrogen) atoms. The molecule has 4 nitrogen and oxygen atoms in total. The van der Waals surface area contributed by atoms with E-state index in [0.717, 1.165) is 19.4 Å². The zero-order chi connectivity index (χ0) is 12.1. The lowest BCUT2D eigenvalue weighted by molar-refractivity contribution is -0.138. The van der Waals surface area contributed by atoms with Gasteiger partial charge in [0.15, 0.2) is 0 Å². The van der Waals surface area contributed by atoms with E-state index in [0.29, 0.717) is 6.42 Å². The van der Waals surface area contributed by atoms with Crippen LogP contribution in [0.2, 0.25) is 0 Å². The van der Waals surface area contributed by atoms with E-state index in [4.69, 9.17) is 10.8 Å². The molecule has 1 atom stereocenters. The van der Waals surface area contributed by atoms with Crippen molar-refractivity contribution in [3.8, 4) is 0 Å². The number of unbranched alkanes of at least 4 members (excludes halogenated alkanes) is 1. The largest absolute Gasteiger partial charge is 0.480 e. The SMILES string of the molecule is Cc1ccc(C)n1CCCC[C@H](N)C(=O)O. The Hall–Kier alpha value is -1.29. The summed E-state index contributed by atoms with van der Waals surface area (Å²) in [5.74, 6) is -0.909. The van der Waals surface area contributed by atoms with Crippen LogP contribution >= 0.6 is 0 Å². The lowest BCUT2D eigenvalue weighted by Crippen LogP contribution is -2.29. The number of carboxylic acid groups (broad SMARTS) is 1. The number of rotatable bonds is 6. The normalized spacial score (nSPS) is 12.7. The third kappa shape index (κ3) is 3.38. The summed E-state index contributed by atoms with van der Waals surface area (Å²) in [6.07, 6.45) is 2.37. The van der Waals surface area contributed by atoms with Gasteiger partial charge in [0, 0.05) is 17.9 Å². The van der Waals surface area contributed by atoms with Crippen molar-refractivity contribution in [1.82, 2.24) is 4.57 Å². The zero-order valence-corrected chi connectivity index (χ0v) is 9.94. The maximum atomic E-state index is 10.5. The molecule has 90 valence electrons. The molecular formula is C12H20N2O2. The average molecular weight is 224 g/mol. The highest BCUT2D eigenvalue weighted by molar-refractivity contribution is 5.72. The van der Waals surface area contributed by atoms with Gasteiger partial charge in [0.2, 0.25) is 0 Å². The predicted octanol–water partition coefficient (Wildman–Crippen LogP) is 1.69. The Balaban J connectivity index is 2.29. The number of nitrogens with zero attached hydrogens (tertiary/aromatic N) is 1. The second kappa shape index (κ2) is 5.70. The van der Waals surface area contributed by atoms with Crippen molar-refractivity contribution in [2.75, 3.05) is 0 Å². The van der Waals surface area contributed by atoms with Crippen LogP contribution in [0, 0.1) is 13.8 Å². The molecule has 0 unspecified atom stereocenters. The number of carboxylic acids is 1. The van der Waals surface area contributed by atoms with Gasteiger partial charge in [-0.3, -0.25) is 4.79 Å². The minimum Gasteiger partial charge on any atom is -0.480 e. The summed E-state index contributed by atoms with van der Waals surface area (Å²) in [6.45, 7) is 5.10. The van der Waals surface area contributed by atoms with Gasteiger partial charge < -0.3 is 15.4 Å². The number of aromatic nitrogens is 1. The quantitative estimate of drug-likeness (QED) is 0.722. The fourth-order valence-electron chi connectivity index (χ4n) is 1.81. The molecule has 0 bridgehead atoms. The van der Waals surface area contributed by atoms with Gasteiger partial charge in [0.25, 0.3) is 0 Å². The van der Waals surface area contributed by atoms with Crippen LogP contribution in [-0.4, -0.2) is 21.7 Å². The molecule has 1 heterocycles. The molecule has 1 aromatic heterocycles. The van der Waals surface area contributed by atoms with Gasteiger partial charge in [-0.1, -0.05) is 0 Å². The second-order valence-electron chi connectivity index (χ2n) is 4.21. The van der Waals surface area contributed by atoms with Crippen molar-refractivity contribution in [3.63, 3.8) is 0 Å². The summed E-state index contributed by atoms with van der Waals surface area (Å²) in [5, 5.41) is 8.62. The summed E-state index contributed by atoms with van der Waals surface area (Å²) in [6, 6.07) is 3.48. The molecule has 0 saturated carbocycles. The van der Waals surface area contributed by atoms with Crippen LogP contribution in [0.5, 0.6) is 0 Å². The van der Waals surface area contributed by atoms with Crippen LogP contribution < -0.4 is 5.73 Å². The molecule has 0 saturated heterocycles. The first kappa shape index (κ1) is 12.8. The Kier molecular flexibility index (Phi) is 4.55. The minimum absolute atomic E-state index is 0.550. The Bertz CT molecular complexity index is 338. The van der Waals surface area contributed by atoms with Crippen molar-refractivity contribution in [3.05, 3.63) is 23.5 Å². The van der Waals surface area contributed by atoms with Gasteiger partial charge in [0.1, 0.15) is 6.04 Å². The van der Waals surface area contributed by atoms with Crippen LogP contribution in [-0.2, 0) is 11.3 Å². The standard InChI is InChI=1S/C12H20N2O2/c1-9-6-7-10(2)14(9)8-4-3-5-11(13)12(15)16/h6-7,11H,3-5,8,13H2,1-2H3,(H,15,16)/t11-/m0/s1. The van der Waals surface area contributed by atoms with Gasteiger partial charge in [-0.2, -0.15) is 0 Å². The molecule has 1 aromatic rings. The first-order valence-corrected chi connectivity index (χ1v) is 5.63. The number of nitrogens with two attached hydrogens (primary N) is 1. The van der Waals surface area contributed by atoms with Gasteiger partial charge in [-0.25, -0.2) is 0 Å². The van der Waals surface area contributed by atoms with E-state index in [-0.39, 0.29) is 0 Å². The highest BCUT2D eigenvalue weighted by Gasteiger charge is 2.10. The molecule has 0 aliphatic rings. The van der Waals surface area contributed by atoms with Crippen molar-refractivity contribution >= 4 is 5.97 Å². The maximum absolute atomic E-state index is 10.5. The second-order valence-corrected chi connectivity index (χ2v) is 4.21. The van der Waals surface area contributed by atoms with Crippen LogP contribution in [0.3, 0.4) is 0 Å². The van der Waals surface area contributed by atoms with Crippen molar-refractivity contribution in [2.24, 2.45) is 5.73 Å². The minimum atomic E-state index is -0.909. The van der Waals surface area contributed by atoms with Crippen molar-refractivity contribution in [2.45, 2.75) is 45.7 Å². The summed E-state index contributed by atoms with van der Waals surface area (Å²) in [7, 11) is 0. The number of aliphatic carboxylic acids is 1. The summed E-state index contributed by atoms with van der Waals surface area (Å²) < 4.78 is 2.24. The predicted molar refractivity (Wildman–Crippen MR) is 63.4 cm³/mol. The zero-order valence-electron chi connectivity index (χ0n) is 9.94. The molecule has 0 amide bonds. The first-order chi connectivity index (χ1) is 7.52. The number of aryl methyl sites for hydroxylation is 2. The fourth-order valence-corrected chi connectivity index (χ4v) is 1.81. The van der Waals surface area contributed by atoms with E-state index in [1.54, 1.807) is 0 Å². The Morgan fingerprint density at radius 1 is 1.38 bits per heavy atom. The summed E-state index contributed by atoms with van der Waals surface area (Å²) >= 11 is 0. The van der Waals surface area contributed by atoms with E-state index in [2.05, 4.69) is 30.5 Å². The monoisotopic (exact) mass is 224 g/mol. The topological polar surface area (TPSA) is 68.2 Å². The summed E-state index contributed by atoms with van der Waals surface area (Å²) in [4.78, 5) is 10.5. The molecule has 0 fully saturated rings. The van der Waals surface area contributed by atoms with Gasteiger partial charge >= 0.3 is 5.97 Å². The molecule has 1 rings (SSSR count). The van der Waals surface area contributed by atoms with Crippen LogP contribution in [0.15, 0.2) is 12.1 Å². The number of hydrogen-bond donors (Lipinski definition) is 2. The van der Waals surface area contributed by atoms with E-state index in [1.165, 1.54) is 11.4 Å². The average Bonchev–Trinajstić information content (AvgIpc) is 2.54. The Labute approximate surface area is 96.1 Å². The lowest BCUT2D eigenvalue weighted by Gasteiger charge is -2.10. The third-order valence-corrected chi connectivity index (χ3v) is 2.88. The van der Waals surface area contributed by atoms with Gasteiger partial charge in [-0.15, -0.1) is 0 Å². The smallest absolute Gasteiger partial charge is 0.320 e. The number of carbonyl (C=O) groups is 1. The molecule has 0 radical (unpaired) electrons. The molecule has 4 heteroatoms. The number of hydrogen-bond acceptors (Lipinski definition) is 2. The fraction of sp³-hybridized carbons (Fsp3) is 0.583. The maximum Gasteiger partial charge on any atom is 0.320 e. The van der Waals surface area contributed by atoms with Crippen LogP contribution in [0.1, 0.15) is 30.7 Å². The third-order valence-electron chi connectivity index (χ3n) is 2.88. The van der Waals surface area contributed by atoms with Gasteiger partial charge in [0.05, 0.1) is 0 Å². The van der Waals surface area contributed by atoms with Gasteiger partial charge in [-0.05, 0) is 45.2 Å². The van der Waals surface area contributed by atoms with Crippen LogP contribution in [0.4, 0.5) is 0 Å². The Morgan fingerprint density at radius 2 is 1.94 bits per heavy atom. The van der Waals surface area contributed by atoms with E-state index >= 15 is 0 Å². The van der Waals surface area contributed by atoms with Crippen molar-refractivity contribution in [1.29, 1.82) is 0 Å². The molecule has 0 aromatic carbocycles. The van der Waals surface area contributed by atoms with Crippen LogP contribution in [0.25, 0.3) is 0 Å². The summed E-state index contributed by atoms with van der Waals surface area (Å²) in [5.41, 5.74) is 7.93. The van der Waals surface area contributed by atoms with Crippen molar-refractivity contribution < 1.29 is 9.90 Å². The molecular weight excluding hydrogens is 204 g/mol. The first-order valence-electron chi connectivity index (χ1n) is 5.63. The van der Waals surface area contributed by atoms with E-state index in [9.17, 15) is 4.79 Å². The molecule has 3 N–H and O–H groups in total. The van der Waals surface area contributed by atoms with E-state index in [1.807, 2.05) is 0 Å². The highest BCUT2D eigenvalue weighted by atomic mass is 16.4. The molecule has 0 aliphatic carbocycles. The van der Waals surface area contributed by atoms with E-state index < -0.39 is 12.0 Å². The highest BCUT2D eigenvalue weighted by Crippen LogP contribution is 2.10. The Morgan fingerprint density at radius 3 is 2.44 bits per heavy atom. The lowest BCUT2D eigenvalue weighted by atomic mass is 10.1. The molecule has 0 spiro atoms.